The number of hydrogen-bond acceptors (Lipinski definition) is 2. The second-order valence-electron chi connectivity index (χ2n) is 1.58. The van der Waals surface area contributed by atoms with Gasteiger partial charge in [-0.2, -0.15) is 0 Å². The van der Waals surface area contributed by atoms with Crippen molar-refractivity contribution >= 4 is 23.5 Å². The van der Waals surface area contributed by atoms with E-state index in [4.69, 9.17) is 17.0 Å². The minimum absolute atomic E-state index is 0.448. The van der Waals surface area contributed by atoms with E-state index in [2.05, 4.69) is 4.99 Å². The first-order valence-corrected chi connectivity index (χ1v) is 3.45. The van der Waals surface area contributed by atoms with Crippen molar-refractivity contribution < 1.29 is 0 Å². The van der Waals surface area contributed by atoms with Gasteiger partial charge in [0.05, 0.1) is 5.88 Å². The molecule has 0 fully saturated rings. The number of rotatable bonds is 4. The summed E-state index contributed by atoms with van der Waals surface area (Å²) in [5.41, 5.74) is 0.897. The summed E-state index contributed by atoms with van der Waals surface area (Å²) >= 11 is 5.49. The second kappa shape index (κ2) is 5.76. The van der Waals surface area contributed by atoms with Gasteiger partial charge in [-0.05, 0) is 6.92 Å². The zero-order valence-corrected chi connectivity index (χ0v) is 6.28. The van der Waals surface area contributed by atoms with E-state index in [1.165, 1.54) is 6.21 Å². The van der Waals surface area contributed by atoms with Crippen LogP contribution in [0.2, 0.25) is 0 Å². The smallest absolute Gasteiger partial charge is 0.0607 e. The Balaban J connectivity index is 3.65. The summed E-state index contributed by atoms with van der Waals surface area (Å²) in [4.78, 5) is 4.07. The SMILES string of the molecule is CCN=C(CCl)CC=N. The lowest BCUT2D eigenvalue weighted by Crippen LogP contribution is -2.00. The minimum Gasteiger partial charge on any atom is -0.313 e. The van der Waals surface area contributed by atoms with Crippen molar-refractivity contribution in [2.45, 2.75) is 13.3 Å². The molecule has 0 radical (unpaired) electrons. The summed E-state index contributed by atoms with van der Waals surface area (Å²) in [5, 5.41) is 6.75. The highest BCUT2D eigenvalue weighted by atomic mass is 35.5. The lowest BCUT2D eigenvalue weighted by molar-refractivity contribution is 1.12. The van der Waals surface area contributed by atoms with Crippen LogP contribution in [0.3, 0.4) is 0 Å². The van der Waals surface area contributed by atoms with Crippen LogP contribution in [-0.2, 0) is 0 Å². The van der Waals surface area contributed by atoms with E-state index in [1.807, 2.05) is 6.92 Å². The van der Waals surface area contributed by atoms with Crippen LogP contribution in [-0.4, -0.2) is 24.4 Å². The summed E-state index contributed by atoms with van der Waals surface area (Å²) in [6.07, 6.45) is 1.91. The van der Waals surface area contributed by atoms with E-state index in [9.17, 15) is 0 Å². The van der Waals surface area contributed by atoms with Crippen molar-refractivity contribution in [3.63, 3.8) is 0 Å². The van der Waals surface area contributed by atoms with Crippen LogP contribution in [0.4, 0.5) is 0 Å². The Bertz CT molecular complexity index is 110. The van der Waals surface area contributed by atoms with Gasteiger partial charge in [-0.15, -0.1) is 11.6 Å². The van der Waals surface area contributed by atoms with E-state index >= 15 is 0 Å². The number of hydrogen-bond donors (Lipinski definition) is 1. The zero-order valence-electron chi connectivity index (χ0n) is 5.52. The molecule has 0 aromatic heterocycles. The zero-order chi connectivity index (χ0) is 7.11. The molecule has 0 bridgehead atoms. The normalized spacial score (nSPS) is 11.6. The Morgan fingerprint density at radius 1 is 1.78 bits per heavy atom. The largest absolute Gasteiger partial charge is 0.313 e. The Morgan fingerprint density at radius 2 is 2.44 bits per heavy atom. The molecule has 1 N–H and O–H groups in total. The molecule has 0 atom stereocenters. The van der Waals surface area contributed by atoms with Gasteiger partial charge < -0.3 is 5.41 Å². The molecule has 52 valence electrons. The molecule has 0 rings (SSSR count). The Hall–Kier alpha value is -0.370. The highest BCUT2D eigenvalue weighted by Gasteiger charge is 1.90. The van der Waals surface area contributed by atoms with Crippen molar-refractivity contribution in [3.8, 4) is 0 Å². The van der Waals surface area contributed by atoms with Crippen molar-refractivity contribution in [1.29, 1.82) is 5.41 Å². The quantitative estimate of drug-likeness (QED) is 0.463. The van der Waals surface area contributed by atoms with Crippen molar-refractivity contribution in [2.75, 3.05) is 12.4 Å². The average molecular weight is 147 g/mol. The van der Waals surface area contributed by atoms with Gasteiger partial charge >= 0.3 is 0 Å². The Morgan fingerprint density at radius 3 is 2.78 bits per heavy atom. The lowest BCUT2D eigenvalue weighted by atomic mass is 10.3. The van der Waals surface area contributed by atoms with E-state index < -0.39 is 0 Å². The summed E-state index contributed by atoms with van der Waals surface area (Å²) < 4.78 is 0. The summed E-state index contributed by atoms with van der Waals surface area (Å²) in [7, 11) is 0. The summed E-state index contributed by atoms with van der Waals surface area (Å²) in [6.45, 7) is 2.71. The molecule has 0 heterocycles. The fourth-order valence-electron chi connectivity index (χ4n) is 0.503. The molecular weight excluding hydrogens is 136 g/mol. The third-order valence-electron chi connectivity index (χ3n) is 0.874. The van der Waals surface area contributed by atoms with Crippen molar-refractivity contribution in [2.24, 2.45) is 4.99 Å². The van der Waals surface area contributed by atoms with E-state index in [0.717, 1.165) is 12.3 Å². The number of aliphatic imine (C=N–C) groups is 1. The minimum atomic E-state index is 0.448. The topological polar surface area (TPSA) is 36.2 Å². The predicted molar refractivity (Wildman–Crippen MR) is 42.1 cm³/mol. The van der Waals surface area contributed by atoms with E-state index in [-0.39, 0.29) is 0 Å². The molecule has 0 unspecified atom stereocenters. The van der Waals surface area contributed by atoms with Crippen molar-refractivity contribution in [1.82, 2.24) is 0 Å². The van der Waals surface area contributed by atoms with Gasteiger partial charge in [-0.1, -0.05) is 0 Å². The maximum Gasteiger partial charge on any atom is 0.0607 e. The molecule has 0 saturated carbocycles. The molecule has 0 saturated heterocycles. The van der Waals surface area contributed by atoms with Gasteiger partial charge in [-0.3, -0.25) is 4.99 Å². The van der Waals surface area contributed by atoms with Crippen LogP contribution < -0.4 is 0 Å². The Kier molecular flexibility index (Phi) is 5.52. The van der Waals surface area contributed by atoms with Crippen LogP contribution >= 0.6 is 11.6 Å². The predicted octanol–water partition coefficient (Wildman–Crippen LogP) is 1.73. The second-order valence-corrected chi connectivity index (χ2v) is 1.85. The molecule has 2 nitrogen and oxygen atoms in total. The molecule has 0 spiro atoms. The van der Waals surface area contributed by atoms with Crippen LogP contribution in [0.25, 0.3) is 0 Å². The van der Waals surface area contributed by atoms with Crippen LogP contribution in [0.15, 0.2) is 4.99 Å². The van der Waals surface area contributed by atoms with Gasteiger partial charge in [0.1, 0.15) is 0 Å². The van der Waals surface area contributed by atoms with Gasteiger partial charge in [0, 0.05) is 24.9 Å². The summed E-state index contributed by atoms with van der Waals surface area (Å²) in [6, 6.07) is 0. The average Bonchev–Trinajstić information content (AvgIpc) is 1.88. The standard InChI is InChI=1S/C6H11ClN2/c1-2-9-6(5-7)3-4-8/h4,8H,2-3,5H2,1H3. The molecule has 9 heavy (non-hydrogen) atoms. The third-order valence-corrected chi connectivity index (χ3v) is 1.18. The fourth-order valence-corrected chi connectivity index (χ4v) is 0.696. The van der Waals surface area contributed by atoms with E-state index in [1.54, 1.807) is 0 Å². The third kappa shape index (κ3) is 4.15. The monoisotopic (exact) mass is 146 g/mol. The fraction of sp³-hybridized carbons (Fsp3) is 0.667. The van der Waals surface area contributed by atoms with Crippen LogP contribution in [0.1, 0.15) is 13.3 Å². The molecular formula is C6H11ClN2. The van der Waals surface area contributed by atoms with Gasteiger partial charge in [0.15, 0.2) is 0 Å². The molecule has 0 amide bonds. The molecule has 0 aromatic rings. The number of nitrogens with zero attached hydrogens (tertiary/aromatic N) is 1. The highest BCUT2D eigenvalue weighted by molar-refractivity contribution is 6.29. The van der Waals surface area contributed by atoms with Gasteiger partial charge in [-0.25, -0.2) is 0 Å². The first kappa shape index (κ1) is 8.63. The molecule has 3 heteroatoms. The first-order valence-electron chi connectivity index (χ1n) is 2.92. The van der Waals surface area contributed by atoms with Gasteiger partial charge in [0.25, 0.3) is 0 Å². The lowest BCUT2D eigenvalue weighted by Gasteiger charge is -1.93. The molecule has 0 aliphatic heterocycles. The Labute approximate surface area is 60.4 Å². The number of nitrogens with one attached hydrogen (secondary N) is 1. The van der Waals surface area contributed by atoms with Gasteiger partial charge in [0.2, 0.25) is 0 Å². The maximum atomic E-state index is 6.75. The van der Waals surface area contributed by atoms with E-state index in [0.29, 0.717) is 12.3 Å². The molecule has 0 aromatic carbocycles. The number of alkyl halides is 1. The maximum absolute atomic E-state index is 6.75. The molecule has 0 aliphatic carbocycles. The first-order chi connectivity index (χ1) is 4.35. The van der Waals surface area contributed by atoms with Crippen molar-refractivity contribution in [3.05, 3.63) is 0 Å². The van der Waals surface area contributed by atoms with Crippen LogP contribution in [0.5, 0.6) is 0 Å². The van der Waals surface area contributed by atoms with Crippen LogP contribution in [0, 0.1) is 5.41 Å². The molecule has 0 aliphatic rings. The number of halogens is 1. The highest BCUT2D eigenvalue weighted by Crippen LogP contribution is 1.87. The summed E-state index contributed by atoms with van der Waals surface area (Å²) in [5.74, 6) is 0.448.